The molecule has 0 N–H and O–H groups in total. The summed E-state index contributed by atoms with van der Waals surface area (Å²) in [7, 11) is 3.08. The van der Waals surface area contributed by atoms with Crippen LogP contribution in [0.5, 0.6) is 11.5 Å². The molecule has 3 rings (SSSR count). The molecule has 2 atom stereocenters. The average Bonchev–Trinajstić information content (AvgIpc) is 2.94. The van der Waals surface area contributed by atoms with Crippen molar-refractivity contribution < 1.29 is 28.7 Å². The lowest BCUT2D eigenvalue weighted by Gasteiger charge is -2.34. The van der Waals surface area contributed by atoms with E-state index in [1.807, 2.05) is 0 Å². The molecule has 198 valence electrons. The Morgan fingerprint density at radius 2 is 1.55 bits per heavy atom. The average molecular weight is 536 g/mol. The molecule has 0 aliphatic carbocycles. The third-order valence-corrected chi connectivity index (χ3v) is 7.18. The van der Waals surface area contributed by atoms with Gasteiger partial charge in [0.15, 0.2) is 5.41 Å². The third-order valence-electron chi connectivity index (χ3n) is 6.12. The van der Waals surface area contributed by atoms with Crippen molar-refractivity contribution in [3.8, 4) is 11.5 Å². The van der Waals surface area contributed by atoms with Crippen LogP contribution in [0, 0.1) is 15.5 Å². The molecular formula is C29H29NO7S. The maximum absolute atomic E-state index is 14.1. The van der Waals surface area contributed by atoms with Crippen molar-refractivity contribution in [2.45, 2.75) is 23.8 Å². The highest BCUT2D eigenvalue weighted by Crippen LogP contribution is 2.46. The number of hydrogen-bond acceptors (Lipinski definition) is 8. The predicted molar refractivity (Wildman–Crippen MR) is 145 cm³/mol. The monoisotopic (exact) mass is 535 g/mol. The van der Waals surface area contributed by atoms with Crippen LogP contribution < -0.4 is 9.47 Å². The van der Waals surface area contributed by atoms with E-state index in [0.29, 0.717) is 27.5 Å². The van der Waals surface area contributed by atoms with Crippen molar-refractivity contribution in [3.63, 3.8) is 0 Å². The molecule has 0 aromatic heterocycles. The number of carbonyl (C=O) groups excluding carboxylic acids is 2. The molecule has 0 amide bonds. The summed E-state index contributed by atoms with van der Waals surface area (Å²) in [6.07, 6.45) is 1.28. The van der Waals surface area contributed by atoms with Gasteiger partial charge in [0.2, 0.25) is 11.7 Å². The van der Waals surface area contributed by atoms with E-state index < -0.39 is 33.9 Å². The summed E-state index contributed by atoms with van der Waals surface area (Å²) in [5.41, 5.74) is -0.753. The highest BCUT2D eigenvalue weighted by Gasteiger charge is 2.55. The summed E-state index contributed by atoms with van der Waals surface area (Å²) in [6.45, 7) is 2.99. The fraction of sp³-hybridized carbons (Fsp3) is 0.241. The zero-order valence-electron chi connectivity index (χ0n) is 21.2. The van der Waals surface area contributed by atoms with Crippen LogP contribution in [-0.4, -0.2) is 36.8 Å². The first kappa shape index (κ1) is 28.5. The number of allylic oxidation sites excluding steroid dienone is 1. The quantitative estimate of drug-likeness (QED) is 0.0687. The zero-order valence-corrected chi connectivity index (χ0v) is 22.0. The molecule has 8 nitrogen and oxygen atoms in total. The smallest absolute Gasteiger partial charge is 0.322 e. The Morgan fingerprint density at radius 1 is 0.974 bits per heavy atom. The fourth-order valence-electron chi connectivity index (χ4n) is 4.13. The predicted octanol–water partition coefficient (Wildman–Crippen LogP) is 5.69. The number of methoxy groups -OCH3 is 2. The molecule has 0 saturated heterocycles. The second-order valence-corrected chi connectivity index (χ2v) is 9.48. The van der Waals surface area contributed by atoms with E-state index >= 15 is 0 Å². The molecule has 3 aromatic rings. The molecule has 0 fully saturated rings. The highest BCUT2D eigenvalue weighted by molar-refractivity contribution is 8.13. The lowest BCUT2D eigenvalue weighted by atomic mass is 9.70. The first-order valence-electron chi connectivity index (χ1n) is 11.8. The fourth-order valence-corrected chi connectivity index (χ4v) is 5.10. The highest BCUT2D eigenvalue weighted by atomic mass is 32.2. The Labute approximate surface area is 225 Å². The Hall–Kier alpha value is -4.11. The number of nitro groups is 1. The van der Waals surface area contributed by atoms with Crippen molar-refractivity contribution in [1.82, 2.24) is 0 Å². The first-order chi connectivity index (χ1) is 18.3. The molecule has 0 heterocycles. The minimum absolute atomic E-state index is 0.123. The number of benzene rings is 3. The van der Waals surface area contributed by atoms with Crippen molar-refractivity contribution in [2.24, 2.45) is 5.41 Å². The first-order valence-corrected chi connectivity index (χ1v) is 12.6. The molecule has 0 radical (unpaired) electrons. The molecule has 0 spiro atoms. The standard InChI is InChI=1S/C29H29NO7S/c1-4-18-29(26(19-30(33)34)22-8-6-5-7-9-22,28(32)38-25-16-14-24(36-3)15-17-25)27(31)37-20-21-10-12-23(35-2)13-11-21/h4-17,26H,1,18-20H2,2-3H3. The van der Waals surface area contributed by atoms with Crippen LogP contribution in [0.2, 0.25) is 0 Å². The van der Waals surface area contributed by atoms with Crippen LogP contribution in [0.4, 0.5) is 0 Å². The minimum Gasteiger partial charge on any atom is -0.497 e. The molecule has 38 heavy (non-hydrogen) atoms. The number of carbonyl (C=O) groups is 2. The van der Waals surface area contributed by atoms with Gasteiger partial charge in [-0.3, -0.25) is 19.7 Å². The lowest BCUT2D eigenvalue weighted by molar-refractivity contribution is -0.485. The van der Waals surface area contributed by atoms with Crippen LogP contribution in [0.15, 0.2) is 96.4 Å². The van der Waals surface area contributed by atoms with Crippen LogP contribution in [-0.2, 0) is 20.9 Å². The second-order valence-electron chi connectivity index (χ2n) is 8.43. The van der Waals surface area contributed by atoms with Gasteiger partial charge in [0, 0.05) is 9.82 Å². The minimum atomic E-state index is -1.91. The Morgan fingerprint density at radius 3 is 2.08 bits per heavy atom. The normalized spacial score (nSPS) is 13.0. The molecule has 3 aromatic carbocycles. The lowest BCUT2D eigenvalue weighted by Crippen LogP contribution is -2.46. The van der Waals surface area contributed by atoms with Gasteiger partial charge in [0.1, 0.15) is 18.1 Å². The Kier molecular flexibility index (Phi) is 10.1. The number of rotatable bonds is 13. The molecule has 9 heteroatoms. The maximum Gasteiger partial charge on any atom is 0.322 e. The number of esters is 1. The van der Waals surface area contributed by atoms with Crippen molar-refractivity contribution in [2.75, 3.05) is 20.8 Å². The molecule has 0 saturated carbocycles. The van der Waals surface area contributed by atoms with E-state index in [4.69, 9.17) is 14.2 Å². The van der Waals surface area contributed by atoms with Gasteiger partial charge in [0.05, 0.1) is 20.1 Å². The van der Waals surface area contributed by atoms with Crippen molar-refractivity contribution in [1.29, 1.82) is 0 Å². The summed E-state index contributed by atoms with van der Waals surface area (Å²) in [4.78, 5) is 39.8. The molecule has 0 aliphatic heterocycles. The van der Waals surface area contributed by atoms with Gasteiger partial charge in [0.25, 0.3) is 0 Å². The van der Waals surface area contributed by atoms with E-state index in [9.17, 15) is 19.7 Å². The Bertz CT molecular complexity index is 1250. The Balaban J connectivity index is 2.05. The van der Waals surface area contributed by atoms with E-state index in [0.717, 1.165) is 11.8 Å². The van der Waals surface area contributed by atoms with E-state index in [1.165, 1.54) is 13.2 Å². The summed E-state index contributed by atoms with van der Waals surface area (Å²) >= 11 is 0.832. The van der Waals surface area contributed by atoms with Crippen molar-refractivity contribution in [3.05, 3.63) is 113 Å². The number of ether oxygens (including phenoxy) is 3. The van der Waals surface area contributed by atoms with Crippen molar-refractivity contribution >= 4 is 22.8 Å². The van der Waals surface area contributed by atoms with Crippen LogP contribution in [0.3, 0.4) is 0 Å². The van der Waals surface area contributed by atoms with Crippen LogP contribution >= 0.6 is 11.8 Å². The summed E-state index contributed by atoms with van der Waals surface area (Å²) < 4.78 is 16.0. The molecule has 0 aliphatic rings. The van der Waals surface area contributed by atoms with Gasteiger partial charge in [-0.2, -0.15) is 0 Å². The molecule has 2 unspecified atom stereocenters. The summed E-state index contributed by atoms with van der Waals surface area (Å²) in [5, 5.41) is 11.3. The van der Waals surface area contributed by atoms with E-state index in [2.05, 4.69) is 6.58 Å². The van der Waals surface area contributed by atoms with Gasteiger partial charge >= 0.3 is 5.97 Å². The largest absolute Gasteiger partial charge is 0.497 e. The van der Waals surface area contributed by atoms with Gasteiger partial charge in [-0.25, -0.2) is 0 Å². The van der Waals surface area contributed by atoms with Gasteiger partial charge in [-0.05, 0) is 53.9 Å². The summed E-state index contributed by atoms with van der Waals surface area (Å²) in [5.74, 6) is -0.705. The van der Waals surface area contributed by atoms with Crippen LogP contribution in [0.25, 0.3) is 0 Å². The topological polar surface area (TPSA) is 105 Å². The summed E-state index contributed by atoms with van der Waals surface area (Å²) in [6, 6.07) is 22.2. The maximum atomic E-state index is 14.1. The number of nitrogens with zero attached hydrogens (tertiary/aromatic N) is 1. The zero-order chi connectivity index (χ0) is 27.5. The second kappa shape index (κ2) is 13.4. The van der Waals surface area contributed by atoms with E-state index in [-0.39, 0.29) is 13.0 Å². The van der Waals surface area contributed by atoms with Gasteiger partial charge in [-0.15, -0.1) is 6.58 Å². The number of thioether (sulfide) groups is 1. The third kappa shape index (κ3) is 6.80. The van der Waals surface area contributed by atoms with E-state index in [1.54, 1.807) is 86.0 Å². The SMILES string of the molecule is C=CCC(C(=O)OCc1ccc(OC)cc1)(C(=O)Sc1ccc(OC)cc1)C(C[N+](=O)[O-])c1ccccc1. The molecular weight excluding hydrogens is 506 g/mol. The van der Waals surface area contributed by atoms with Crippen LogP contribution in [0.1, 0.15) is 23.5 Å². The van der Waals surface area contributed by atoms with Gasteiger partial charge in [-0.1, -0.05) is 60.3 Å². The molecule has 0 bridgehead atoms. The van der Waals surface area contributed by atoms with Gasteiger partial charge < -0.3 is 14.2 Å². The number of hydrogen-bond donors (Lipinski definition) is 0.